The minimum atomic E-state index is -0.687. The molecule has 1 aliphatic heterocycles. The molecule has 1 aliphatic rings. The molecule has 4 heteroatoms. The van der Waals surface area contributed by atoms with E-state index in [0.29, 0.717) is 26.2 Å². The highest BCUT2D eigenvalue weighted by Gasteiger charge is 2.43. The third-order valence-electron chi connectivity index (χ3n) is 3.34. The first kappa shape index (κ1) is 13.5. The van der Waals surface area contributed by atoms with E-state index < -0.39 is 5.79 Å². The van der Waals surface area contributed by atoms with Crippen molar-refractivity contribution in [2.75, 3.05) is 27.4 Å². The Morgan fingerprint density at radius 2 is 1.94 bits per heavy atom. The van der Waals surface area contributed by atoms with Crippen molar-refractivity contribution in [3.8, 4) is 0 Å². The quantitative estimate of drug-likeness (QED) is 0.751. The van der Waals surface area contributed by atoms with Gasteiger partial charge in [-0.1, -0.05) is 30.3 Å². The molecule has 0 bridgehead atoms. The van der Waals surface area contributed by atoms with Crippen molar-refractivity contribution in [3.63, 3.8) is 0 Å². The fraction of sp³-hybridized carbons (Fsp3) is 0.571. The SMILES string of the molecule is COC1(OC)CCOC[C@H]1OCc1ccccc1. The number of rotatable bonds is 5. The van der Waals surface area contributed by atoms with Crippen LogP contribution in [0.1, 0.15) is 12.0 Å². The van der Waals surface area contributed by atoms with Crippen LogP contribution in [0.4, 0.5) is 0 Å². The van der Waals surface area contributed by atoms with E-state index in [1.807, 2.05) is 30.3 Å². The Bertz CT molecular complexity index is 348. The van der Waals surface area contributed by atoms with E-state index in [9.17, 15) is 0 Å². The van der Waals surface area contributed by atoms with Crippen LogP contribution in [-0.2, 0) is 25.6 Å². The van der Waals surface area contributed by atoms with Crippen LogP contribution >= 0.6 is 0 Å². The van der Waals surface area contributed by atoms with Gasteiger partial charge in [-0.2, -0.15) is 0 Å². The van der Waals surface area contributed by atoms with E-state index in [0.717, 1.165) is 5.56 Å². The zero-order valence-corrected chi connectivity index (χ0v) is 10.9. The fourth-order valence-electron chi connectivity index (χ4n) is 2.19. The van der Waals surface area contributed by atoms with Gasteiger partial charge < -0.3 is 18.9 Å². The summed E-state index contributed by atoms with van der Waals surface area (Å²) >= 11 is 0. The number of benzene rings is 1. The van der Waals surface area contributed by atoms with Gasteiger partial charge in [-0.3, -0.25) is 0 Å². The van der Waals surface area contributed by atoms with Gasteiger partial charge in [0.05, 0.1) is 19.8 Å². The summed E-state index contributed by atoms with van der Waals surface area (Å²) in [6, 6.07) is 10.0. The minimum absolute atomic E-state index is 0.207. The van der Waals surface area contributed by atoms with Gasteiger partial charge in [-0.25, -0.2) is 0 Å². The van der Waals surface area contributed by atoms with Crippen LogP contribution in [0.3, 0.4) is 0 Å². The van der Waals surface area contributed by atoms with Gasteiger partial charge in [-0.15, -0.1) is 0 Å². The molecule has 0 amide bonds. The van der Waals surface area contributed by atoms with Gasteiger partial charge in [0.1, 0.15) is 6.10 Å². The highest BCUT2D eigenvalue weighted by atomic mass is 16.7. The summed E-state index contributed by atoms with van der Waals surface area (Å²) in [6.45, 7) is 1.66. The normalized spacial score (nSPS) is 22.9. The molecule has 0 saturated carbocycles. The molecule has 100 valence electrons. The Morgan fingerprint density at radius 3 is 2.61 bits per heavy atom. The lowest BCUT2D eigenvalue weighted by Crippen LogP contribution is -2.53. The highest BCUT2D eigenvalue weighted by molar-refractivity contribution is 5.13. The minimum Gasteiger partial charge on any atom is -0.378 e. The van der Waals surface area contributed by atoms with E-state index >= 15 is 0 Å². The summed E-state index contributed by atoms with van der Waals surface area (Å²) in [5, 5.41) is 0. The highest BCUT2D eigenvalue weighted by Crippen LogP contribution is 2.28. The van der Waals surface area contributed by atoms with Crippen LogP contribution in [0.15, 0.2) is 30.3 Å². The molecule has 1 aromatic rings. The molecule has 0 N–H and O–H groups in total. The monoisotopic (exact) mass is 252 g/mol. The number of ether oxygens (including phenoxy) is 4. The van der Waals surface area contributed by atoms with Crippen LogP contribution in [0.2, 0.25) is 0 Å². The Hall–Kier alpha value is -0.940. The molecule has 0 aliphatic carbocycles. The zero-order chi connectivity index (χ0) is 12.8. The summed E-state index contributed by atoms with van der Waals surface area (Å²) in [7, 11) is 3.29. The molecule has 1 aromatic carbocycles. The van der Waals surface area contributed by atoms with Gasteiger partial charge in [-0.05, 0) is 5.56 Å². The first-order chi connectivity index (χ1) is 8.80. The van der Waals surface area contributed by atoms with Gasteiger partial charge in [0.2, 0.25) is 0 Å². The predicted octanol–water partition coefficient (Wildman–Crippen LogP) is 1.98. The summed E-state index contributed by atoms with van der Waals surface area (Å²) in [6.07, 6.45) is 0.473. The van der Waals surface area contributed by atoms with Crippen molar-refractivity contribution < 1.29 is 18.9 Å². The van der Waals surface area contributed by atoms with Crippen molar-refractivity contribution in [2.45, 2.75) is 24.9 Å². The van der Waals surface area contributed by atoms with E-state index in [1.54, 1.807) is 14.2 Å². The first-order valence-electron chi connectivity index (χ1n) is 6.14. The summed E-state index contributed by atoms with van der Waals surface area (Å²) < 4.78 is 22.3. The lowest BCUT2D eigenvalue weighted by molar-refractivity contribution is -0.305. The maximum Gasteiger partial charge on any atom is 0.198 e. The zero-order valence-electron chi connectivity index (χ0n) is 10.9. The second-order valence-corrected chi connectivity index (χ2v) is 4.33. The summed E-state index contributed by atoms with van der Waals surface area (Å²) in [4.78, 5) is 0. The number of hydrogen-bond donors (Lipinski definition) is 0. The van der Waals surface area contributed by atoms with Crippen molar-refractivity contribution in [3.05, 3.63) is 35.9 Å². The molecular weight excluding hydrogens is 232 g/mol. The molecule has 1 saturated heterocycles. The van der Waals surface area contributed by atoms with Crippen molar-refractivity contribution in [2.24, 2.45) is 0 Å². The molecule has 1 fully saturated rings. The smallest absolute Gasteiger partial charge is 0.198 e. The Balaban J connectivity index is 1.98. The van der Waals surface area contributed by atoms with Gasteiger partial charge in [0, 0.05) is 20.6 Å². The van der Waals surface area contributed by atoms with E-state index in [4.69, 9.17) is 18.9 Å². The summed E-state index contributed by atoms with van der Waals surface area (Å²) in [5.74, 6) is -0.687. The molecular formula is C14H20O4. The molecule has 0 unspecified atom stereocenters. The van der Waals surface area contributed by atoms with Crippen molar-refractivity contribution in [1.29, 1.82) is 0 Å². The third-order valence-corrected chi connectivity index (χ3v) is 3.34. The fourth-order valence-corrected chi connectivity index (χ4v) is 2.19. The summed E-state index contributed by atoms with van der Waals surface area (Å²) in [5.41, 5.74) is 1.13. The second kappa shape index (κ2) is 6.29. The Morgan fingerprint density at radius 1 is 1.22 bits per heavy atom. The number of hydrogen-bond acceptors (Lipinski definition) is 4. The van der Waals surface area contributed by atoms with Crippen LogP contribution in [0, 0.1) is 0 Å². The van der Waals surface area contributed by atoms with Gasteiger partial charge in [0.15, 0.2) is 5.79 Å². The lowest BCUT2D eigenvalue weighted by Gasteiger charge is -2.40. The van der Waals surface area contributed by atoms with E-state index in [2.05, 4.69) is 0 Å². The Labute approximate surface area is 108 Å². The molecule has 1 heterocycles. The lowest BCUT2D eigenvalue weighted by atomic mass is 10.0. The predicted molar refractivity (Wildman–Crippen MR) is 67.2 cm³/mol. The molecule has 2 rings (SSSR count). The molecule has 18 heavy (non-hydrogen) atoms. The molecule has 0 spiro atoms. The molecule has 4 nitrogen and oxygen atoms in total. The first-order valence-corrected chi connectivity index (χ1v) is 6.14. The van der Waals surface area contributed by atoms with E-state index in [-0.39, 0.29) is 6.10 Å². The molecule has 1 atom stereocenters. The number of methoxy groups -OCH3 is 2. The van der Waals surface area contributed by atoms with Crippen LogP contribution < -0.4 is 0 Å². The largest absolute Gasteiger partial charge is 0.378 e. The second-order valence-electron chi connectivity index (χ2n) is 4.33. The van der Waals surface area contributed by atoms with Crippen LogP contribution in [-0.4, -0.2) is 39.3 Å². The Kier molecular flexibility index (Phi) is 4.72. The maximum absolute atomic E-state index is 5.89. The van der Waals surface area contributed by atoms with Gasteiger partial charge >= 0.3 is 0 Å². The topological polar surface area (TPSA) is 36.9 Å². The third kappa shape index (κ3) is 2.90. The van der Waals surface area contributed by atoms with Crippen LogP contribution in [0.25, 0.3) is 0 Å². The van der Waals surface area contributed by atoms with Crippen molar-refractivity contribution >= 4 is 0 Å². The maximum atomic E-state index is 5.89. The van der Waals surface area contributed by atoms with Gasteiger partial charge in [0.25, 0.3) is 0 Å². The standard InChI is InChI=1S/C14H20O4/c1-15-14(16-2)8-9-17-11-13(14)18-10-12-6-4-3-5-7-12/h3-7,13H,8-11H2,1-2H3/t13-/m1/s1. The average Bonchev–Trinajstić information content (AvgIpc) is 2.46. The van der Waals surface area contributed by atoms with Crippen molar-refractivity contribution in [1.82, 2.24) is 0 Å². The van der Waals surface area contributed by atoms with E-state index in [1.165, 1.54) is 0 Å². The molecule has 0 aromatic heterocycles. The van der Waals surface area contributed by atoms with Crippen LogP contribution in [0.5, 0.6) is 0 Å². The molecule has 0 radical (unpaired) electrons. The average molecular weight is 252 g/mol.